The highest BCUT2D eigenvalue weighted by atomic mass is 79.9. The van der Waals surface area contributed by atoms with E-state index in [1.54, 1.807) is 7.11 Å². The minimum absolute atomic E-state index is 0.622. The minimum atomic E-state index is 0.622. The zero-order valence-corrected chi connectivity index (χ0v) is 9.99. The lowest BCUT2D eigenvalue weighted by Crippen LogP contribution is -1.93. The number of hydrogen-bond donors (Lipinski definition) is 0. The Morgan fingerprint density at radius 3 is 2.93 bits per heavy atom. The van der Waals surface area contributed by atoms with Crippen LogP contribution in [0.15, 0.2) is 22.9 Å². The molecule has 0 atom stereocenters. The average Bonchev–Trinajstić information content (AvgIpc) is 3.00. The summed E-state index contributed by atoms with van der Waals surface area (Å²) in [6, 6.07) is 6.66. The second-order valence-electron chi connectivity index (χ2n) is 3.81. The van der Waals surface area contributed by atoms with Gasteiger partial charge in [0.2, 0.25) is 0 Å². The summed E-state index contributed by atoms with van der Waals surface area (Å²) in [5.74, 6) is 0.840. The Labute approximate surface area is 96.2 Å². The zero-order chi connectivity index (χ0) is 10.4. The Morgan fingerprint density at radius 2 is 2.27 bits per heavy atom. The SMILES string of the molecule is COc1cccc2c1nc(Br)n2C1CC1. The molecule has 1 aromatic heterocycles. The highest BCUT2D eigenvalue weighted by Crippen LogP contribution is 2.41. The smallest absolute Gasteiger partial charge is 0.178 e. The van der Waals surface area contributed by atoms with E-state index in [1.807, 2.05) is 12.1 Å². The molecule has 4 heteroatoms. The molecule has 15 heavy (non-hydrogen) atoms. The monoisotopic (exact) mass is 266 g/mol. The molecule has 3 rings (SSSR count). The molecule has 1 saturated carbocycles. The van der Waals surface area contributed by atoms with Gasteiger partial charge in [-0.3, -0.25) is 0 Å². The van der Waals surface area contributed by atoms with Gasteiger partial charge in [0.05, 0.1) is 12.6 Å². The number of rotatable bonds is 2. The number of imidazole rings is 1. The summed E-state index contributed by atoms with van der Waals surface area (Å²) in [6.07, 6.45) is 2.50. The highest BCUT2D eigenvalue weighted by molar-refractivity contribution is 9.10. The first-order chi connectivity index (χ1) is 7.31. The van der Waals surface area contributed by atoms with E-state index in [0.717, 1.165) is 21.5 Å². The molecule has 0 aliphatic heterocycles. The molecule has 1 aliphatic carbocycles. The maximum absolute atomic E-state index is 5.30. The van der Waals surface area contributed by atoms with Gasteiger partial charge in [0.25, 0.3) is 0 Å². The van der Waals surface area contributed by atoms with Crippen LogP contribution in [0.3, 0.4) is 0 Å². The third-order valence-corrected chi connectivity index (χ3v) is 3.33. The molecule has 1 aromatic carbocycles. The minimum Gasteiger partial charge on any atom is -0.494 e. The summed E-state index contributed by atoms with van der Waals surface area (Å²) in [4.78, 5) is 4.50. The third kappa shape index (κ3) is 1.35. The summed E-state index contributed by atoms with van der Waals surface area (Å²) in [5.41, 5.74) is 2.10. The van der Waals surface area contributed by atoms with Crippen LogP contribution < -0.4 is 4.74 Å². The number of aromatic nitrogens is 2. The van der Waals surface area contributed by atoms with Crippen LogP contribution in [0.4, 0.5) is 0 Å². The fraction of sp³-hybridized carbons (Fsp3) is 0.364. The Balaban J connectivity index is 2.31. The first-order valence-electron chi connectivity index (χ1n) is 5.01. The van der Waals surface area contributed by atoms with E-state index in [1.165, 1.54) is 12.8 Å². The number of hydrogen-bond acceptors (Lipinski definition) is 2. The molecule has 3 nitrogen and oxygen atoms in total. The van der Waals surface area contributed by atoms with Gasteiger partial charge >= 0.3 is 0 Å². The molecule has 1 fully saturated rings. The van der Waals surface area contributed by atoms with Crippen LogP contribution >= 0.6 is 15.9 Å². The topological polar surface area (TPSA) is 27.1 Å². The van der Waals surface area contributed by atoms with Crippen LogP contribution in [0.25, 0.3) is 11.0 Å². The standard InChI is InChI=1S/C11H11BrN2O/c1-15-9-4-2-3-8-10(9)13-11(12)14(8)7-5-6-7/h2-4,7H,5-6H2,1H3. The van der Waals surface area contributed by atoms with Gasteiger partial charge in [-0.25, -0.2) is 4.98 Å². The Hall–Kier alpha value is -1.03. The van der Waals surface area contributed by atoms with Crippen molar-refractivity contribution in [3.8, 4) is 5.75 Å². The quantitative estimate of drug-likeness (QED) is 0.835. The van der Waals surface area contributed by atoms with E-state index in [-0.39, 0.29) is 0 Å². The second-order valence-corrected chi connectivity index (χ2v) is 4.52. The van der Waals surface area contributed by atoms with Crippen LogP contribution in [0.2, 0.25) is 0 Å². The Kier molecular flexibility index (Phi) is 1.99. The molecular weight excluding hydrogens is 256 g/mol. The van der Waals surface area contributed by atoms with Crippen LogP contribution in [0.1, 0.15) is 18.9 Å². The van der Waals surface area contributed by atoms with Crippen molar-refractivity contribution in [3.63, 3.8) is 0 Å². The van der Waals surface area contributed by atoms with E-state index in [4.69, 9.17) is 4.74 Å². The van der Waals surface area contributed by atoms with Crippen molar-refractivity contribution in [1.82, 2.24) is 9.55 Å². The zero-order valence-electron chi connectivity index (χ0n) is 8.40. The Morgan fingerprint density at radius 1 is 1.47 bits per heavy atom. The van der Waals surface area contributed by atoms with Crippen LogP contribution in [0.5, 0.6) is 5.75 Å². The van der Waals surface area contributed by atoms with E-state index in [0.29, 0.717) is 6.04 Å². The molecule has 0 spiro atoms. The largest absolute Gasteiger partial charge is 0.494 e. The lowest BCUT2D eigenvalue weighted by atomic mass is 10.3. The summed E-state index contributed by atoms with van der Waals surface area (Å²) in [6.45, 7) is 0. The molecule has 0 saturated heterocycles. The summed E-state index contributed by atoms with van der Waals surface area (Å²) < 4.78 is 8.45. The predicted molar refractivity (Wildman–Crippen MR) is 62.3 cm³/mol. The van der Waals surface area contributed by atoms with Gasteiger partial charge in [0.1, 0.15) is 11.3 Å². The maximum Gasteiger partial charge on any atom is 0.178 e. The summed E-state index contributed by atoms with van der Waals surface area (Å²) in [7, 11) is 1.68. The second kappa shape index (κ2) is 3.23. The number of ether oxygens (including phenoxy) is 1. The number of fused-ring (bicyclic) bond motifs is 1. The molecule has 0 N–H and O–H groups in total. The van der Waals surface area contributed by atoms with Crippen molar-refractivity contribution in [3.05, 3.63) is 22.9 Å². The number of methoxy groups -OCH3 is 1. The lowest BCUT2D eigenvalue weighted by Gasteiger charge is -2.03. The van der Waals surface area contributed by atoms with Gasteiger partial charge in [-0.1, -0.05) is 6.07 Å². The molecule has 0 radical (unpaired) electrons. The average molecular weight is 267 g/mol. The van der Waals surface area contributed by atoms with Crippen molar-refractivity contribution >= 4 is 27.0 Å². The molecule has 1 aliphatic rings. The van der Waals surface area contributed by atoms with Gasteiger partial charge in [-0.05, 0) is 40.9 Å². The molecular formula is C11H11BrN2O. The lowest BCUT2D eigenvalue weighted by molar-refractivity contribution is 0.419. The van der Waals surface area contributed by atoms with Crippen molar-refractivity contribution < 1.29 is 4.74 Å². The predicted octanol–water partition coefficient (Wildman–Crippen LogP) is 3.14. The number of nitrogens with zero attached hydrogens (tertiary/aromatic N) is 2. The van der Waals surface area contributed by atoms with E-state index < -0.39 is 0 Å². The van der Waals surface area contributed by atoms with Crippen LogP contribution in [-0.2, 0) is 0 Å². The molecule has 0 bridgehead atoms. The van der Waals surface area contributed by atoms with Crippen molar-refractivity contribution in [2.45, 2.75) is 18.9 Å². The maximum atomic E-state index is 5.30. The summed E-state index contributed by atoms with van der Waals surface area (Å²) >= 11 is 3.51. The fourth-order valence-corrected chi connectivity index (χ4v) is 2.57. The van der Waals surface area contributed by atoms with Gasteiger partial charge in [-0.2, -0.15) is 0 Å². The van der Waals surface area contributed by atoms with E-state index >= 15 is 0 Å². The highest BCUT2D eigenvalue weighted by Gasteiger charge is 2.28. The molecule has 78 valence electrons. The van der Waals surface area contributed by atoms with Gasteiger partial charge in [0.15, 0.2) is 4.73 Å². The van der Waals surface area contributed by atoms with Crippen molar-refractivity contribution in [2.75, 3.05) is 7.11 Å². The number of para-hydroxylation sites is 1. The molecule has 2 aromatic rings. The fourth-order valence-electron chi connectivity index (χ4n) is 1.91. The van der Waals surface area contributed by atoms with Gasteiger partial charge in [0, 0.05) is 6.04 Å². The van der Waals surface area contributed by atoms with Gasteiger partial charge < -0.3 is 9.30 Å². The van der Waals surface area contributed by atoms with Crippen LogP contribution in [-0.4, -0.2) is 16.7 Å². The summed E-state index contributed by atoms with van der Waals surface area (Å²) in [5, 5.41) is 0. The van der Waals surface area contributed by atoms with Crippen molar-refractivity contribution in [1.29, 1.82) is 0 Å². The number of benzene rings is 1. The Bertz CT molecular complexity index is 517. The first-order valence-corrected chi connectivity index (χ1v) is 5.81. The van der Waals surface area contributed by atoms with Crippen molar-refractivity contribution in [2.24, 2.45) is 0 Å². The molecule has 0 amide bonds. The normalized spacial score (nSPS) is 15.9. The molecule has 0 unspecified atom stereocenters. The van der Waals surface area contributed by atoms with Gasteiger partial charge in [-0.15, -0.1) is 0 Å². The molecule has 1 heterocycles. The van der Waals surface area contributed by atoms with E-state index in [9.17, 15) is 0 Å². The number of halogens is 1. The van der Waals surface area contributed by atoms with E-state index in [2.05, 4.69) is 31.5 Å². The third-order valence-electron chi connectivity index (χ3n) is 2.77. The first kappa shape index (κ1) is 9.21. The van der Waals surface area contributed by atoms with Crippen LogP contribution in [0, 0.1) is 0 Å².